The number of alkyl halides is 1. The molecule has 0 bridgehead atoms. The van der Waals surface area contributed by atoms with E-state index in [-0.39, 0.29) is 5.38 Å². The summed E-state index contributed by atoms with van der Waals surface area (Å²) in [5, 5.41) is 0.101. The summed E-state index contributed by atoms with van der Waals surface area (Å²) in [7, 11) is 1.69. The molecule has 0 aliphatic rings. The van der Waals surface area contributed by atoms with Crippen LogP contribution in [0.15, 0.2) is 18.2 Å². The molecular weight excluding hydrogens is 220 g/mol. The highest BCUT2D eigenvalue weighted by Crippen LogP contribution is 2.33. The van der Waals surface area contributed by atoms with E-state index in [1.165, 1.54) is 18.4 Å². The number of aryl methyl sites for hydroxylation is 1. The van der Waals surface area contributed by atoms with Gasteiger partial charge in [0.1, 0.15) is 5.75 Å². The second-order valence-corrected chi connectivity index (χ2v) is 4.87. The lowest BCUT2D eigenvalue weighted by atomic mass is 9.95. The highest BCUT2D eigenvalue weighted by Gasteiger charge is 2.16. The molecule has 2 unspecified atom stereocenters. The molecule has 1 rings (SSSR count). The molecule has 0 fully saturated rings. The minimum atomic E-state index is 0.101. The maximum atomic E-state index is 6.46. The fourth-order valence-corrected chi connectivity index (χ4v) is 2.27. The van der Waals surface area contributed by atoms with Crippen LogP contribution in [0.25, 0.3) is 0 Å². The monoisotopic (exact) mass is 240 g/mol. The molecule has 0 N–H and O–H groups in total. The van der Waals surface area contributed by atoms with Crippen LogP contribution in [-0.4, -0.2) is 7.11 Å². The molecule has 0 aromatic heterocycles. The summed E-state index contributed by atoms with van der Waals surface area (Å²) in [6.45, 7) is 6.45. The van der Waals surface area contributed by atoms with Crippen molar-refractivity contribution in [2.75, 3.05) is 7.11 Å². The molecule has 0 spiro atoms. The van der Waals surface area contributed by atoms with Crippen molar-refractivity contribution < 1.29 is 4.74 Å². The van der Waals surface area contributed by atoms with Crippen molar-refractivity contribution in [2.24, 2.45) is 5.92 Å². The maximum absolute atomic E-state index is 6.46. The lowest BCUT2D eigenvalue weighted by Crippen LogP contribution is -2.04. The predicted octanol–water partition coefficient (Wildman–Crippen LogP) is 4.72. The van der Waals surface area contributed by atoms with Gasteiger partial charge in [0.15, 0.2) is 0 Å². The van der Waals surface area contributed by atoms with E-state index >= 15 is 0 Å². The van der Waals surface area contributed by atoms with E-state index in [0.717, 1.165) is 11.3 Å². The lowest BCUT2D eigenvalue weighted by Gasteiger charge is -2.18. The SMILES string of the molecule is CCCC(C)C(Cl)c1ccc(OC)c(C)c1. The van der Waals surface area contributed by atoms with E-state index in [9.17, 15) is 0 Å². The van der Waals surface area contributed by atoms with Crippen molar-refractivity contribution in [3.63, 3.8) is 0 Å². The summed E-state index contributed by atoms with van der Waals surface area (Å²) in [5.74, 6) is 1.44. The Labute approximate surface area is 104 Å². The van der Waals surface area contributed by atoms with E-state index in [4.69, 9.17) is 16.3 Å². The summed E-state index contributed by atoms with van der Waals surface area (Å²) < 4.78 is 5.24. The smallest absolute Gasteiger partial charge is 0.121 e. The Bertz CT molecular complexity index is 336. The molecule has 0 amide bonds. The average Bonchev–Trinajstić information content (AvgIpc) is 2.28. The van der Waals surface area contributed by atoms with Crippen molar-refractivity contribution >= 4 is 11.6 Å². The molecule has 0 aliphatic heterocycles. The van der Waals surface area contributed by atoms with Gasteiger partial charge < -0.3 is 4.74 Å². The van der Waals surface area contributed by atoms with Crippen LogP contribution in [0.3, 0.4) is 0 Å². The van der Waals surface area contributed by atoms with E-state index < -0.39 is 0 Å². The summed E-state index contributed by atoms with van der Waals surface area (Å²) in [6, 6.07) is 6.19. The highest BCUT2D eigenvalue weighted by atomic mass is 35.5. The van der Waals surface area contributed by atoms with E-state index in [2.05, 4.69) is 32.9 Å². The molecule has 1 aromatic rings. The molecule has 0 radical (unpaired) electrons. The molecule has 2 heteroatoms. The number of rotatable bonds is 5. The van der Waals surface area contributed by atoms with Gasteiger partial charge in [0, 0.05) is 0 Å². The van der Waals surface area contributed by atoms with E-state index in [1.54, 1.807) is 7.11 Å². The lowest BCUT2D eigenvalue weighted by molar-refractivity contribution is 0.411. The minimum Gasteiger partial charge on any atom is -0.496 e. The normalized spacial score (nSPS) is 14.6. The summed E-state index contributed by atoms with van der Waals surface area (Å²) in [4.78, 5) is 0. The Morgan fingerprint density at radius 1 is 1.38 bits per heavy atom. The van der Waals surface area contributed by atoms with Gasteiger partial charge in [0.25, 0.3) is 0 Å². The summed E-state index contributed by atoms with van der Waals surface area (Å²) in [5.41, 5.74) is 2.34. The topological polar surface area (TPSA) is 9.23 Å². The van der Waals surface area contributed by atoms with Gasteiger partial charge >= 0.3 is 0 Å². The van der Waals surface area contributed by atoms with Crippen LogP contribution in [-0.2, 0) is 0 Å². The number of methoxy groups -OCH3 is 1. The molecule has 0 saturated carbocycles. The van der Waals surface area contributed by atoms with Gasteiger partial charge in [-0.15, -0.1) is 11.6 Å². The zero-order valence-electron chi connectivity index (χ0n) is 10.6. The Balaban J connectivity index is 2.84. The first-order valence-corrected chi connectivity index (χ1v) is 6.32. The molecule has 16 heavy (non-hydrogen) atoms. The molecule has 0 heterocycles. The van der Waals surface area contributed by atoms with Crippen LogP contribution >= 0.6 is 11.6 Å². The van der Waals surface area contributed by atoms with Crippen molar-refractivity contribution in [1.29, 1.82) is 0 Å². The first-order valence-electron chi connectivity index (χ1n) is 5.88. The summed E-state index contributed by atoms with van der Waals surface area (Å²) in [6.07, 6.45) is 2.35. The fraction of sp³-hybridized carbons (Fsp3) is 0.571. The van der Waals surface area contributed by atoms with Crippen molar-refractivity contribution in [1.82, 2.24) is 0 Å². The molecular formula is C14H21ClO. The molecule has 1 nitrogen and oxygen atoms in total. The predicted molar refractivity (Wildman–Crippen MR) is 70.4 cm³/mol. The Kier molecular flexibility index (Phi) is 5.14. The molecule has 0 aliphatic carbocycles. The van der Waals surface area contributed by atoms with E-state index in [0.29, 0.717) is 5.92 Å². The van der Waals surface area contributed by atoms with Crippen LogP contribution in [0, 0.1) is 12.8 Å². The Morgan fingerprint density at radius 3 is 2.56 bits per heavy atom. The first kappa shape index (κ1) is 13.4. The Morgan fingerprint density at radius 2 is 2.06 bits per heavy atom. The van der Waals surface area contributed by atoms with Gasteiger partial charge in [-0.3, -0.25) is 0 Å². The van der Waals surface area contributed by atoms with E-state index in [1.807, 2.05) is 6.07 Å². The van der Waals surface area contributed by atoms with Crippen LogP contribution in [0.1, 0.15) is 43.2 Å². The van der Waals surface area contributed by atoms with Gasteiger partial charge in [-0.1, -0.05) is 32.4 Å². The standard InChI is InChI=1S/C14H21ClO/c1-5-6-10(2)14(15)12-7-8-13(16-4)11(3)9-12/h7-10,14H,5-6H2,1-4H3. The maximum Gasteiger partial charge on any atom is 0.121 e. The first-order chi connectivity index (χ1) is 7.60. The quantitative estimate of drug-likeness (QED) is 0.677. The van der Waals surface area contributed by atoms with Gasteiger partial charge in [0.05, 0.1) is 12.5 Å². The number of hydrogen-bond acceptors (Lipinski definition) is 1. The van der Waals surface area contributed by atoms with Crippen LogP contribution in [0.2, 0.25) is 0 Å². The van der Waals surface area contributed by atoms with Crippen molar-refractivity contribution in [3.05, 3.63) is 29.3 Å². The second-order valence-electron chi connectivity index (χ2n) is 4.40. The number of benzene rings is 1. The third-order valence-corrected chi connectivity index (χ3v) is 3.66. The zero-order valence-corrected chi connectivity index (χ0v) is 11.3. The average molecular weight is 241 g/mol. The van der Waals surface area contributed by atoms with Gasteiger partial charge in [0.2, 0.25) is 0 Å². The molecule has 90 valence electrons. The molecule has 2 atom stereocenters. The third kappa shape index (κ3) is 3.15. The molecule has 0 saturated heterocycles. The molecule has 1 aromatic carbocycles. The number of halogens is 1. The highest BCUT2D eigenvalue weighted by molar-refractivity contribution is 6.21. The van der Waals surface area contributed by atoms with Crippen molar-refractivity contribution in [3.8, 4) is 5.75 Å². The fourth-order valence-electron chi connectivity index (χ4n) is 2.00. The van der Waals surface area contributed by atoms with Crippen LogP contribution in [0.4, 0.5) is 0 Å². The zero-order chi connectivity index (χ0) is 12.1. The number of ether oxygens (including phenoxy) is 1. The largest absolute Gasteiger partial charge is 0.496 e. The Hall–Kier alpha value is -0.690. The van der Waals surface area contributed by atoms with Crippen LogP contribution in [0.5, 0.6) is 5.75 Å². The summed E-state index contributed by atoms with van der Waals surface area (Å²) >= 11 is 6.46. The van der Waals surface area contributed by atoms with Gasteiger partial charge in [-0.05, 0) is 36.5 Å². The number of hydrogen-bond donors (Lipinski definition) is 0. The second kappa shape index (κ2) is 6.15. The van der Waals surface area contributed by atoms with Crippen LogP contribution < -0.4 is 4.74 Å². The third-order valence-electron chi connectivity index (χ3n) is 2.98. The van der Waals surface area contributed by atoms with Gasteiger partial charge in [-0.25, -0.2) is 0 Å². The van der Waals surface area contributed by atoms with Crippen molar-refractivity contribution in [2.45, 2.75) is 39.0 Å². The van der Waals surface area contributed by atoms with Gasteiger partial charge in [-0.2, -0.15) is 0 Å². The minimum absolute atomic E-state index is 0.101.